The van der Waals surface area contributed by atoms with E-state index in [1.165, 1.54) is 6.07 Å². The molecule has 1 aromatic carbocycles. The fraction of sp³-hybridized carbons (Fsp3) is 0.400. The second kappa shape index (κ2) is 6.42. The summed E-state index contributed by atoms with van der Waals surface area (Å²) in [6, 6.07) is 2.55. The Morgan fingerprint density at radius 2 is 1.88 bits per heavy atom. The lowest BCUT2D eigenvalue weighted by molar-refractivity contribution is -0.136. The van der Waals surface area contributed by atoms with Gasteiger partial charge in [-0.3, -0.25) is 0 Å². The molecule has 1 aromatic rings. The Morgan fingerprint density at radius 3 is 2.41 bits per heavy atom. The predicted molar refractivity (Wildman–Crippen MR) is 60.9 cm³/mol. The molecule has 0 bridgehead atoms. The zero-order chi connectivity index (χ0) is 12.3. The molecule has 98 valence electrons. The molecule has 0 fully saturated rings. The third-order valence-electron chi connectivity index (χ3n) is 2.10. The summed E-state index contributed by atoms with van der Waals surface area (Å²) in [6.45, 7) is 0. The van der Waals surface area contributed by atoms with E-state index in [0.29, 0.717) is 0 Å². The van der Waals surface area contributed by atoms with Crippen LogP contribution in [0.2, 0.25) is 5.02 Å². The van der Waals surface area contributed by atoms with E-state index >= 15 is 0 Å². The molecule has 1 atom stereocenters. The minimum atomic E-state index is -4.27. The molecule has 7 heteroatoms. The SMILES string of the molecule is Cl.N[C@@H](CCC(F)(F)F)c1cc(F)ccc1Cl. The van der Waals surface area contributed by atoms with Crippen molar-refractivity contribution in [3.05, 3.63) is 34.6 Å². The Kier molecular flexibility index (Phi) is 6.23. The standard InChI is InChI=1S/C10H10ClF4N.ClH/c11-8-2-1-6(12)5-7(8)9(16)3-4-10(13,14)15;/h1-2,5,9H,3-4,16H2;1H/t9-;/m0./s1. The Bertz CT molecular complexity index is 368. The van der Waals surface area contributed by atoms with Crippen LogP contribution in [0.15, 0.2) is 18.2 Å². The zero-order valence-corrected chi connectivity index (χ0v) is 10.2. The van der Waals surface area contributed by atoms with Crippen molar-refractivity contribution in [2.45, 2.75) is 25.1 Å². The van der Waals surface area contributed by atoms with Crippen molar-refractivity contribution in [3.8, 4) is 0 Å². The molecule has 1 nitrogen and oxygen atoms in total. The third kappa shape index (κ3) is 5.57. The number of hydrogen-bond donors (Lipinski definition) is 1. The van der Waals surface area contributed by atoms with Crippen LogP contribution in [0.5, 0.6) is 0 Å². The molecule has 0 aliphatic carbocycles. The van der Waals surface area contributed by atoms with E-state index < -0.39 is 24.5 Å². The molecule has 0 heterocycles. The molecule has 0 aliphatic heterocycles. The van der Waals surface area contributed by atoms with Gasteiger partial charge in [-0.2, -0.15) is 13.2 Å². The number of rotatable bonds is 3. The minimum Gasteiger partial charge on any atom is -0.324 e. The van der Waals surface area contributed by atoms with Gasteiger partial charge < -0.3 is 5.73 Å². The summed E-state index contributed by atoms with van der Waals surface area (Å²) in [5, 5.41) is 0.177. The fourth-order valence-electron chi connectivity index (χ4n) is 1.27. The molecule has 17 heavy (non-hydrogen) atoms. The van der Waals surface area contributed by atoms with Gasteiger partial charge in [0.25, 0.3) is 0 Å². The Labute approximate surface area is 107 Å². The molecule has 0 saturated heterocycles. The topological polar surface area (TPSA) is 26.0 Å². The number of nitrogens with two attached hydrogens (primary N) is 1. The summed E-state index contributed by atoms with van der Waals surface area (Å²) in [7, 11) is 0. The molecule has 0 unspecified atom stereocenters. The van der Waals surface area contributed by atoms with Gasteiger partial charge in [0, 0.05) is 17.5 Å². The van der Waals surface area contributed by atoms with E-state index in [4.69, 9.17) is 17.3 Å². The quantitative estimate of drug-likeness (QED) is 0.828. The van der Waals surface area contributed by atoms with Crippen LogP contribution in [0, 0.1) is 5.82 Å². The summed E-state index contributed by atoms with van der Waals surface area (Å²) in [6.07, 6.45) is -5.59. The van der Waals surface area contributed by atoms with Crippen LogP contribution in [-0.4, -0.2) is 6.18 Å². The first kappa shape index (κ1) is 16.5. The highest BCUT2D eigenvalue weighted by Crippen LogP contribution is 2.29. The highest BCUT2D eigenvalue weighted by atomic mass is 35.5. The van der Waals surface area contributed by atoms with E-state index in [-0.39, 0.29) is 29.4 Å². The first-order valence-corrected chi connectivity index (χ1v) is 4.94. The van der Waals surface area contributed by atoms with Crippen LogP contribution in [0.3, 0.4) is 0 Å². The van der Waals surface area contributed by atoms with Gasteiger partial charge in [0.15, 0.2) is 0 Å². The third-order valence-corrected chi connectivity index (χ3v) is 2.44. The molecule has 2 N–H and O–H groups in total. The van der Waals surface area contributed by atoms with Crippen molar-refractivity contribution in [1.29, 1.82) is 0 Å². The number of benzene rings is 1. The van der Waals surface area contributed by atoms with E-state index in [1.807, 2.05) is 0 Å². The minimum absolute atomic E-state index is 0. The molecule has 0 radical (unpaired) electrons. The molecule has 0 spiro atoms. The Morgan fingerprint density at radius 1 is 1.29 bits per heavy atom. The highest BCUT2D eigenvalue weighted by molar-refractivity contribution is 6.31. The molecule has 0 aromatic heterocycles. The first-order chi connectivity index (χ1) is 7.29. The van der Waals surface area contributed by atoms with E-state index in [9.17, 15) is 17.6 Å². The van der Waals surface area contributed by atoms with Gasteiger partial charge in [0.2, 0.25) is 0 Å². The maximum absolute atomic E-state index is 12.8. The summed E-state index contributed by atoms with van der Waals surface area (Å²) in [4.78, 5) is 0. The van der Waals surface area contributed by atoms with Gasteiger partial charge in [-0.25, -0.2) is 4.39 Å². The van der Waals surface area contributed by atoms with Crippen molar-refractivity contribution < 1.29 is 17.6 Å². The normalized spacial score (nSPS) is 13.1. The van der Waals surface area contributed by atoms with Crippen molar-refractivity contribution in [1.82, 2.24) is 0 Å². The van der Waals surface area contributed by atoms with Crippen LogP contribution in [0.1, 0.15) is 24.4 Å². The summed E-state index contributed by atoms with van der Waals surface area (Å²) >= 11 is 5.71. The van der Waals surface area contributed by atoms with Gasteiger partial charge >= 0.3 is 6.18 Å². The molecule has 1 rings (SSSR count). The monoisotopic (exact) mass is 291 g/mol. The van der Waals surface area contributed by atoms with Crippen molar-refractivity contribution in [2.75, 3.05) is 0 Å². The highest BCUT2D eigenvalue weighted by Gasteiger charge is 2.28. The molecular formula is C10H11Cl2F4N. The number of alkyl halides is 3. The van der Waals surface area contributed by atoms with Gasteiger partial charge in [0.05, 0.1) is 0 Å². The van der Waals surface area contributed by atoms with E-state index in [1.54, 1.807) is 0 Å². The predicted octanol–water partition coefficient (Wildman–Crippen LogP) is 4.24. The van der Waals surface area contributed by atoms with Crippen LogP contribution < -0.4 is 5.73 Å². The average Bonchev–Trinajstić information content (AvgIpc) is 2.17. The van der Waals surface area contributed by atoms with Gasteiger partial charge in [-0.1, -0.05) is 11.6 Å². The first-order valence-electron chi connectivity index (χ1n) is 4.57. The van der Waals surface area contributed by atoms with E-state index in [2.05, 4.69) is 0 Å². The lowest BCUT2D eigenvalue weighted by Crippen LogP contribution is -2.16. The average molecular weight is 292 g/mol. The van der Waals surface area contributed by atoms with Crippen molar-refractivity contribution in [2.24, 2.45) is 5.73 Å². The lowest BCUT2D eigenvalue weighted by atomic mass is 10.0. The summed E-state index contributed by atoms with van der Waals surface area (Å²) in [5.74, 6) is -0.568. The molecule has 0 saturated carbocycles. The van der Waals surface area contributed by atoms with Crippen LogP contribution in [0.4, 0.5) is 17.6 Å². The van der Waals surface area contributed by atoms with Gasteiger partial charge in [0.1, 0.15) is 5.82 Å². The molecule has 0 amide bonds. The Hall–Kier alpha value is -0.520. The van der Waals surface area contributed by atoms with Crippen LogP contribution in [0.25, 0.3) is 0 Å². The molecule has 0 aliphatic rings. The van der Waals surface area contributed by atoms with Crippen molar-refractivity contribution in [3.63, 3.8) is 0 Å². The number of halogens is 6. The zero-order valence-electron chi connectivity index (χ0n) is 8.60. The smallest absolute Gasteiger partial charge is 0.324 e. The Balaban J connectivity index is 0.00000256. The fourth-order valence-corrected chi connectivity index (χ4v) is 1.53. The second-order valence-corrected chi connectivity index (χ2v) is 3.83. The van der Waals surface area contributed by atoms with Crippen LogP contribution in [-0.2, 0) is 0 Å². The van der Waals surface area contributed by atoms with Gasteiger partial charge in [-0.15, -0.1) is 12.4 Å². The van der Waals surface area contributed by atoms with Crippen LogP contribution >= 0.6 is 24.0 Å². The van der Waals surface area contributed by atoms with E-state index in [0.717, 1.165) is 12.1 Å². The molecular weight excluding hydrogens is 281 g/mol. The summed E-state index contributed by atoms with van der Waals surface area (Å²) < 4.78 is 48.7. The second-order valence-electron chi connectivity index (χ2n) is 3.43. The maximum Gasteiger partial charge on any atom is 0.389 e. The maximum atomic E-state index is 12.8. The van der Waals surface area contributed by atoms with Crippen molar-refractivity contribution >= 4 is 24.0 Å². The lowest BCUT2D eigenvalue weighted by Gasteiger charge is -2.14. The largest absolute Gasteiger partial charge is 0.389 e. The van der Waals surface area contributed by atoms with Gasteiger partial charge in [-0.05, 0) is 30.2 Å². The summed E-state index contributed by atoms with van der Waals surface area (Å²) in [5.41, 5.74) is 5.72. The number of hydrogen-bond acceptors (Lipinski definition) is 1.